The van der Waals surface area contributed by atoms with Crippen molar-refractivity contribution in [3.8, 4) is 0 Å². The molecule has 1 fully saturated rings. The van der Waals surface area contributed by atoms with Crippen LogP contribution < -0.4 is 10.5 Å². The average molecular weight is 417 g/mol. The smallest absolute Gasteiger partial charge is 0.301 e. The van der Waals surface area contributed by atoms with E-state index in [4.69, 9.17) is 28.9 Å². The van der Waals surface area contributed by atoms with Gasteiger partial charge in [0.2, 0.25) is 0 Å². The predicted octanol–water partition coefficient (Wildman–Crippen LogP) is 3.08. The van der Waals surface area contributed by atoms with Gasteiger partial charge in [0, 0.05) is 17.6 Å². The first-order valence-electron chi connectivity index (χ1n) is 6.46. The minimum Gasteiger partial charge on any atom is -0.330 e. The summed E-state index contributed by atoms with van der Waals surface area (Å²) in [5.74, 6) is 0.391. The highest BCUT2D eigenvalue weighted by Gasteiger charge is 2.28. The van der Waals surface area contributed by atoms with Gasteiger partial charge in [-0.25, -0.2) is 0 Å². The summed E-state index contributed by atoms with van der Waals surface area (Å²) >= 11 is 15.3. The fourth-order valence-electron chi connectivity index (χ4n) is 2.19. The van der Waals surface area contributed by atoms with Crippen LogP contribution in [-0.2, 0) is 10.2 Å². The topological polar surface area (TPSA) is 75.4 Å². The van der Waals surface area contributed by atoms with Crippen LogP contribution in [0.3, 0.4) is 0 Å². The van der Waals surface area contributed by atoms with Crippen LogP contribution in [0.1, 0.15) is 12.8 Å². The number of halogens is 3. The van der Waals surface area contributed by atoms with E-state index in [1.807, 2.05) is 0 Å². The van der Waals surface area contributed by atoms with Gasteiger partial charge in [-0.3, -0.25) is 4.72 Å². The van der Waals surface area contributed by atoms with Crippen LogP contribution in [0.25, 0.3) is 0 Å². The van der Waals surface area contributed by atoms with Crippen LogP contribution in [-0.4, -0.2) is 32.4 Å². The molecule has 1 aromatic rings. The van der Waals surface area contributed by atoms with Crippen molar-refractivity contribution in [1.82, 2.24) is 4.31 Å². The molecule has 118 valence electrons. The highest BCUT2D eigenvalue weighted by atomic mass is 79.9. The number of benzene rings is 1. The molecule has 0 atom stereocenters. The van der Waals surface area contributed by atoms with Gasteiger partial charge in [0.05, 0.1) is 15.7 Å². The van der Waals surface area contributed by atoms with Crippen molar-refractivity contribution in [2.75, 3.05) is 24.4 Å². The van der Waals surface area contributed by atoms with Crippen molar-refractivity contribution in [1.29, 1.82) is 0 Å². The molecule has 0 radical (unpaired) electrons. The maximum atomic E-state index is 12.4. The molecule has 0 saturated carbocycles. The lowest BCUT2D eigenvalue weighted by atomic mass is 9.99. The standard InChI is InChI=1S/C12H16BrCl2N3O2S/c13-9-1-2-10(12(15)11(9)14)17-21(19,20)18-5-3-8(7-16)4-6-18/h1-2,8,17H,3-7,16H2. The van der Waals surface area contributed by atoms with Crippen LogP contribution in [0.5, 0.6) is 0 Å². The van der Waals surface area contributed by atoms with E-state index in [-0.39, 0.29) is 15.7 Å². The molecule has 0 aromatic heterocycles. The van der Waals surface area contributed by atoms with Crippen molar-refractivity contribution in [3.05, 3.63) is 26.7 Å². The second kappa shape index (κ2) is 7.02. The molecule has 1 aliphatic rings. The third kappa shape index (κ3) is 4.03. The minimum absolute atomic E-state index is 0.173. The van der Waals surface area contributed by atoms with Gasteiger partial charge in [0.25, 0.3) is 0 Å². The Morgan fingerprint density at radius 1 is 1.29 bits per heavy atom. The van der Waals surface area contributed by atoms with Crippen molar-refractivity contribution < 1.29 is 8.42 Å². The molecule has 1 aromatic carbocycles. The normalized spacial score (nSPS) is 17.9. The Balaban J connectivity index is 2.13. The SMILES string of the molecule is NCC1CCN(S(=O)(=O)Nc2ccc(Br)c(Cl)c2Cl)CC1. The molecule has 0 unspecified atom stereocenters. The molecule has 2 rings (SSSR count). The molecular formula is C12H16BrCl2N3O2S. The number of rotatable bonds is 4. The minimum atomic E-state index is -3.64. The monoisotopic (exact) mass is 415 g/mol. The summed E-state index contributed by atoms with van der Waals surface area (Å²) in [6.45, 7) is 1.51. The zero-order chi connectivity index (χ0) is 15.6. The molecule has 3 N–H and O–H groups in total. The van der Waals surface area contributed by atoms with Crippen LogP contribution in [0.15, 0.2) is 16.6 Å². The first kappa shape index (κ1) is 17.3. The quantitative estimate of drug-likeness (QED) is 0.740. The van der Waals surface area contributed by atoms with Crippen LogP contribution in [0.2, 0.25) is 10.0 Å². The Morgan fingerprint density at radius 3 is 2.48 bits per heavy atom. The second-order valence-corrected chi connectivity index (χ2v) is 8.19. The van der Waals surface area contributed by atoms with Crippen LogP contribution in [0, 0.1) is 5.92 Å². The van der Waals surface area contributed by atoms with E-state index < -0.39 is 10.2 Å². The summed E-state index contributed by atoms with van der Waals surface area (Å²) in [4.78, 5) is 0. The van der Waals surface area contributed by atoms with Gasteiger partial charge in [-0.2, -0.15) is 12.7 Å². The van der Waals surface area contributed by atoms with Gasteiger partial charge < -0.3 is 5.73 Å². The van der Waals surface area contributed by atoms with E-state index in [1.54, 1.807) is 12.1 Å². The lowest BCUT2D eigenvalue weighted by molar-refractivity contribution is 0.280. The Morgan fingerprint density at radius 2 is 1.90 bits per heavy atom. The number of piperidine rings is 1. The molecule has 21 heavy (non-hydrogen) atoms. The Labute approximate surface area is 143 Å². The number of hydrogen-bond acceptors (Lipinski definition) is 3. The fraction of sp³-hybridized carbons (Fsp3) is 0.500. The summed E-state index contributed by atoms with van der Waals surface area (Å²) in [7, 11) is -3.64. The Bertz CT molecular complexity index is 619. The zero-order valence-corrected chi connectivity index (χ0v) is 15.1. The molecular weight excluding hydrogens is 401 g/mol. The molecule has 1 aliphatic heterocycles. The van der Waals surface area contributed by atoms with Crippen LogP contribution >= 0.6 is 39.1 Å². The maximum absolute atomic E-state index is 12.4. The highest BCUT2D eigenvalue weighted by Crippen LogP contribution is 2.36. The molecule has 0 amide bonds. The first-order valence-corrected chi connectivity index (χ1v) is 9.45. The maximum Gasteiger partial charge on any atom is 0.301 e. The number of anilines is 1. The fourth-order valence-corrected chi connectivity index (χ4v) is 4.34. The van der Waals surface area contributed by atoms with Crippen molar-refractivity contribution in [2.45, 2.75) is 12.8 Å². The van der Waals surface area contributed by atoms with Gasteiger partial charge in [0.15, 0.2) is 0 Å². The van der Waals surface area contributed by atoms with Gasteiger partial charge in [-0.05, 0) is 53.4 Å². The van der Waals surface area contributed by atoms with Crippen molar-refractivity contribution in [3.63, 3.8) is 0 Å². The van der Waals surface area contributed by atoms with Gasteiger partial charge in [0.1, 0.15) is 0 Å². The van der Waals surface area contributed by atoms with E-state index in [2.05, 4.69) is 20.7 Å². The number of nitrogens with one attached hydrogen (secondary N) is 1. The van der Waals surface area contributed by atoms with E-state index in [0.29, 0.717) is 30.0 Å². The molecule has 0 bridgehead atoms. The lowest BCUT2D eigenvalue weighted by Gasteiger charge is -2.30. The lowest BCUT2D eigenvalue weighted by Crippen LogP contribution is -2.42. The van der Waals surface area contributed by atoms with E-state index >= 15 is 0 Å². The predicted molar refractivity (Wildman–Crippen MR) is 90.1 cm³/mol. The average Bonchev–Trinajstić information content (AvgIpc) is 2.48. The van der Waals surface area contributed by atoms with Crippen molar-refractivity contribution >= 4 is 55.0 Å². The molecule has 1 saturated heterocycles. The van der Waals surface area contributed by atoms with Crippen molar-refractivity contribution in [2.24, 2.45) is 11.7 Å². The Hall–Kier alpha value is -0.0500. The molecule has 1 heterocycles. The number of nitrogens with two attached hydrogens (primary N) is 1. The highest BCUT2D eigenvalue weighted by molar-refractivity contribution is 9.10. The van der Waals surface area contributed by atoms with E-state index in [9.17, 15) is 8.42 Å². The van der Waals surface area contributed by atoms with Gasteiger partial charge in [-0.15, -0.1) is 0 Å². The van der Waals surface area contributed by atoms with E-state index in [1.165, 1.54) is 4.31 Å². The Kier molecular flexibility index (Phi) is 5.78. The third-order valence-electron chi connectivity index (χ3n) is 3.52. The molecule has 9 heteroatoms. The second-order valence-electron chi connectivity index (χ2n) is 4.91. The summed E-state index contributed by atoms with van der Waals surface area (Å²) in [5, 5.41) is 0.449. The van der Waals surface area contributed by atoms with Gasteiger partial charge in [-0.1, -0.05) is 23.2 Å². The zero-order valence-electron chi connectivity index (χ0n) is 11.2. The van der Waals surface area contributed by atoms with Crippen LogP contribution in [0.4, 0.5) is 5.69 Å². The molecule has 0 aliphatic carbocycles. The number of hydrogen-bond donors (Lipinski definition) is 2. The first-order chi connectivity index (χ1) is 9.85. The summed E-state index contributed by atoms with van der Waals surface area (Å²) in [5.41, 5.74) is 5.88. The van der Waals surface area contributed by atoms with Gasteiger partial charge >= 0.3 is 10.2 Å². The summed E-state index contributed by atoms with van der Waals surface area (Å²) < 4.78 is 29.2. The summed E-state index contributed by atoms with van der Waals surface area (Å²) in [6, 6.07) is 3.22. The van der Waals surface area contributed by atoms with E-state index in [0.717, 1.165) is 12.8 Å². The molecule has 0 spiro atoms. The number of nitrogens with zero attached hydrogens (tertiary/aromatic N) is 1. The largest absolute Gasteiger partial charge is 0.330 e. The third-order valence-corrected chi connectivity index (χ3v) is 6.81. The molecule has 5 nitrogen and oxygen atoms in total. The summed E-state index contributed by atoms with van der Waals surface area (Å²) in [6.07, 6.45) is 1.54.